The second-order valence-corrected chi connectivity index (χ2v) is 5.63. The molecule has 0 spiro atoms. The zero-order valence-corrected chi connectivity index (χ0v) is 11.6. The predicted molar refractivity (Wildman–Crippen MR) is 67.2 cm³/mol. The van der Waals surface area contributed by atoms with Gasteiger partial charge in [0.05, 0.1) is 12.2 Å². The van der Waals surface area contributed by atoms with Crippen molar-refractivity contribution in [3.05, 3.63) is 0 Å². The summed E-state index contributed by atoms with van der Waals surface area (Å²) in [4.78, 5) is 0. The third-order valence-electron chi connectivity index (χ3n) is 3.16. The van der Waals surface area contributed by atoms with E-state index in [-0.39, 0.29) is 5.60 Å². The van der Waals surface area contributed by atoms with Crippen molar-refractivity contribution in [2.45, 2.75) is 54.1 Å². The summed E-state index contributed by atoms with van der Waals surface area (Å²) in [5.41, 5.74) is 0.465. The van der Waals surface area contributed by atoms with E-state index >= 15 is 0 Å². The van der Waals surface area contributed by atoms with Crippen molar-refractivity contribution in [3.8, 4) is 0 Å². The van der Waals surface area contributed by atoms with Gasteiger partial charge in [0, 0.05) is 13.1 Å². The Morgan fingerprint density at radius 1 is 1.27 bits per heavy atom. The Hall–Kier alpha value is -0.0800. The lowest BCUT2D eigenvalue weighted by Gasteiger charge is -2.41. The first-order chi connectivity index (χ1) is 6.83. The van der Waals surface area contributed by atoms with Crippen LogP contribution in [-0.4, -0.2) is 25.3 Å². The highest BCUT2D eigenvalue weighted by atomic mass is 16.5. The van der Waals surface area contributed by atoms with Crippen LogP contribution in [0.25, 0.3) is 0 Å². The van der Waals surface area contributed by atoms with E-state index in [4.69, 9.17) is 4.74 Å². The van der Waals surface area contributed by atoms with Gasteiger partial charge >= 0.3 is 0 Å². The Labute approximate surface area is 95.8 Å². The second-order valence-electron chi connectivity index (χ2n) is 5.63. The van der Waals surface area contributed by atoms with Crippen LogP contribution in [-0.2, 0) is 4.74 Å². The molecular weight excluding hydrogens is 186 g/mol. The molecule has 1 rings (SSSR count). The molecule has 0 aromatic rings. The molecule has 2 nitrogen and oxygen atoms in total. The van der Waals surface area contributed by atoms with Crippen LogP contribution in [0.15, 0.2) is 0 Å². The summed E-state index contributed by atoms with van der Waals surface area (Å²) in [7, 11) is 0. The molecule has 0 radical (unpaired) electrons. The van der Waals surface area contributed by atoms with Crippen molar-refractivity contribution in [3.63, 3.8) is 0 Å². The molecule has 0 aromatic carbocycles. The van der Waals surface area contributed by atoms with Crippen LogP contribution in [0, 0.1) is 11.3 Å². The van der Waals surface area contributed by atoms with Crippen LogP contribution < -0.4 is 5.32 Å². The minimum atomic E-state index is 0.111. The highest BCUT2D eigenvalue weighted by Crippen LogP contribution is 2.27. The number of rotatable bonds is 3. The minimum Gasteiger partial charge on any atom is -0.372 e. The third kappa shape index (κ3) is 4.98. The number of hydrogen-bond donors (Lipinski definition) is 1. The lowest BCUT2D eigenvalue weighted by atomic mass is 9.82. The van der Waals surface area contributed by atoms with E-state index in [2.05, 4.69) is 39.9 Å². The summed E-state index contributed by atoms with van der Waals surface area (Å²) in [6, 6.07) is 0. The first-order valence-corrected chi connectivity index (χ1v) is 6.18. The predicted octanol–water partition coefficient (Wildman–Crippen LogP) is 3.07. The van der Waals surface area contributed by atoms with Gasteiger partial charge in [0.1, 0.15) is 0 Å². The molecule has 1 unspecified atom stereocenters. The topological polar surface area (TPSA) is 21.3 Å². The Balaban J connectivity index is 0.000000921. The van der Waals surface area contributed by atoms with Crippen LogP contribution in [0.1, 0.15) is 48.5 Å². The SMILES string of the molecule is CC.CC(COC1(C)CNC1)C(C)(C)C. The van der Waals surface area contributed by atoms with Crippen molar-refractivity contribution in [2.75, 3.05) is 19.7 Å². The monoisotopic (exact) mass is 215 g/mol. The Morgan fingerprint density at radius 3 is 2.00 bits per heavy atom. The maximum absolute atomic E-state index is 5.89. The normalized spacial score (nSPS) is 21.0. The average Bonchev–Trinajstić information content (AvgIpc) is 2.13. The molecular formula is C13H29NO. The fourth-order valence-corrected chi connectivity index (χ4v) is 1.16. The summed E-state index contributed by atoms with van der Waals surface area (Å²) < 4.78 is 5.89. The molecule has 1 aliphatic heterocycles. The smallest absolute Gasteiger partial charge is 0.0901 e. The van der Waals surface area contributed by atoms with E-state index in [1.54, 1.807) is 0 Å². The fraction of sp³-hybridized carbons (Fsp3) is 1.00. The van der Waals surface area contributed by atoms with Crippen LogP contribution in [0.2, 0.25) is 0 Å². The van der Waals surface area contributed by atoms with Crippen molar-refractivity contribution in [1.82, 2.24) is 5.32 Å². The van der Waals surface area contributed by atoms with Gasteiger partial charge in [0.2, 0.25) is 0 Å². The third-order valence-corrected chi connectivity index (χ3v) is 3.16. The van der Waals surface area contributed by atoms with Crippen molar-refractivity contribution >= 4 is 0 Å². The van der Waals surface area contributed by atoms with Gasteiger partial charge in [0.25, 0.3) is 0 Å². The maximum Gasteiger partial charge on any atom is 0.0901 e. The zero-order chi connectivity index (χ0) is 12.1. The Kier molecular flexibility index (Phi) is 5.82. The minimum absolute atomic E-state index is 0.111. The number of nitrogens with one attached hydrogen (secondary N) is 1. The zero-order valence-electron chi connectivity index (χ0n) is 11.6. The Morgan fingerprint density at radius 2 is 1.73 bits per heavy atom. The van der Waals surface area contributed by atoms with Crippen LogP contribution in [0.5, 0.6) is 0 Å². The molecule has 0 aliphatic carbocycles. The number of ether oxygens (including phenoxy) is 1. The highest BCUT2D eigenvalue weighted by molar-refractivity contribution is 4.90. The first-order valence-electron chi connectivity index (χ1n) is 6.18. The van der Waals surface area contributed by atoms with Gasteiger partial charge in [-0.1, -0.05) is 41.5 Å². The highest BCUT2D eigenvalue weighted by Gasteiger charge is 2.33. The largest absolute Gasteiger partial charge is 0.372 e. The van der Waals surface area contributed by atoms with Crippen molar-refractivity contribution in [1.29, 1.82) is 0 Å². The molecule has 2 heteroatoms. The van der Waals surface area contributed by atoms with Gasteiger partial charge in [-0.2, -0.15) is 0 Å². The summed E-state index contributed by atoms with van der Waals surface area (Å²) in [6.07, 6.45) is 0. The molecule has 1 aliphatic rings. The van der Waals surface area contributed by atoms with Gasteiger partial charge in [-0.25, -0.2) is 0 Å². The van der Waals surface area contributed by atoms with E-state index in [0.29, 0.717) is 11.3 Å². The fourth-order valence-electron chi connectivity index (χ4n) is 1.16. The van der Waals surface area contributed by atoms with E-state index in [1.807, 2.05) is 13.8 Å². The van der Waals surface area contributed by atoms with E-state index < -0.39 is 0 Å². The van der Waals surface area contributed by atoms with Crippen molar-refractivity contribution < 1.29 is 4.74 Å². The van der Waals surface area contributed by atoms with Crippen LogP contribution >= 0.6 is 0 Å². The van der Waals surface area contributed by atoms with E-state index in [1.165, 1.54) is 0 Å². The first kappa shape index (κ1) is 14.9. The summed E-state index contributed by atoms with van der Waals surface area (Å²) in [5, 5.41) is 3.24. The molecule has 0 saturated carbocycles. The standard InChI is InChI=1S/C11H23NO.C2H6/c1-9(10(2,3)4)6-13-11(5)7-12-8-11;1-2/h9,12H,6-8H2,1-5H3;1-2H3. The van der Waals surface area contributed by atoms with Gasteiger partial charge in [-0.05, 0) is 18.3 Å². The van der Waals surface area contributed by atoms with Gasteiger partial charge in [0.15, 0.2) is 0 Å². The molecule has 92 valence electrons. The quantitative estimate of drug-likeness (QED) is 0.781. The van der Waals surface area contributed by atoms with E-state index in [0.717, 1.165) is 19.7 Å². The summed E-state index contributed by atoms with van der Waals surface area (Å²) in [5.74, 6) is 0.616. The van der Waals surface area contributed by atoms with Gasteiger partial charge < -0.3 is 10.1 Å². The summed E-state index contributed by atoms with van der Waals surface area (Å²) in [6.45, 7) is 18.1. The molecule has 0 amide bonds. The van der Waals surface area contributed by atoms with Crippen LogP contribution in [0.3, 0.4) is 0 Å². The molecule has 15 heavy (non-hydrogen) atoms. The maximum atomic E-state index is 5.89. The molecule has 1 atom stereocenters. The number of hydrogen-bond acceptors (Lipinski definition) is 2. The molecule has 1 N–H and O–H groups in total. The summed E-state index contributed by atoms with van der Waals surface area (Å²) >= 11 is 0. The van der Waals surface area contributed by atoms with Crippen LogP contribution in [0.4, 0.5) is 0 Å². The Bertz CT molecular complexity index is 168. The van der Waals surface area contributed by atoms with E-state index in [9.17, 15) is 0 Å². The molecule has 0 aromatic heterocycles. The lowest BCUT2D eigenvalue weighted by Crippen LogP contribution is -2.59. The molecule has 1 saturated heterocycles. The van der Waals surface area contributed by atoms with Gasteiger partial charge in [-0.15, -0.1) is 0 Å². The molecule has 0 bridgehead atoms. The second kappa shape index (κ2) is 5.86. The average molecular weight is 215 g/mol. The van der Waals surface area contributed by atoms with Gasteiger partial charge in [-0.3, -0.25) is 0 Å². The van der Waals surface area contributed by atoms with Crippen molar-refractivity contribution in [2.24, 2.45) is 11.3 Å². The lowest BCUT2D eigenvalue weighted by molar-refractivity contribution is -0.0892. The molecule has 1 heterocycles. The molecule has 1 fully saturated rings.